The van der Waals surface area contributed by atoms with Gasteiger partial charge in [-0.05, 0) is 12.1 Å². The van der Waals surface area contributed by atoms with Crippen LogP contribution in [0.5, 0.6) is 5.75 Å². The smallest absolute Gasteiger partial charge is 0.261 e. The first kappa shape index (κ1) is 17.5. The van der Waals surface area contributed by atoms with Gasteiger partial charge >= 0.3 is 0 Å². The van der Waals surface area contributed by atoms with E-state index in [0.29, 0.717) is 41.5 Å². The van der Waals surface area contributed by atoms with Gasteiger partial charge in [-0.15, -0.1) is 0 Å². The van der Waals surface area contributed by atoms with E-state index in [-0.39, 0.29) is 17.0 Å². The number of fused-ring (bicyclic) bond motifs is 1. The molecule has 0 fully saturated rings. The number of carbonyl (C=O) groups is 1. The SMILES string of the molecule is CN/C=C1/NC(=O)C(c2nc3ccc(OCCOC)cc3[nH]2)=C(N)C1=N. The Bertz CT molecular complexity index is 928. The van der Waals surface area contributed by atoms with Crippen molar-refractivity contribution in [1.82, 2.24) is 20.6 Å². The zero-order valence-electron chi connectivity index (χ0n) is 14.5. The number of ether oxygens (including phenoxy) is 2. The molecule has 0 aliphatic carbocycles. The minimum atomic E-state index is -0.421. The number of nitrogens with two attached hydrogens (primary N) is 1. The Labute approximate surface area is 149 Å². The molecule has 1 amide bonds. The van der Waals surface area contributed by atoms with Crippen molar-refractivity contribution in [2.45, 2.75) is 0 Å². The van der Waals surface area contributed by atoms with Crippen molar-refractivity contribution >= 4 is 28.2 Å². The number of hydrogen-bond donors (Lipinski definition) is 5. The molecule has 0 unspecified atom stereocenters. The lowest BCUT2D eigenvalue weighted by molar-refractivity contribution is -0.115. The van der Waals surface area contributed by atoms with E-state index in [9.17, 15) is 4.79 Å². The molecule has 0 spiro atoms. The second-order valence-corrected chi connectivity index (χ2v) is 5.57. The summed E-state index contributed by atoms with van der Waals surface area (Å²) in [6.45, 7) is 0.918. The van der Waals surface area contributed by atoms with E-state index in [1.165, 1.54) is 6.20 Å². The highest BCUT2D eigenvalue weighted by Gasteiger charge is 2.29. The summed E-state index contributed by atoms with van der Waals surface area (Å²) in [5.41, 5.74) is 7.92. The van der Waals surface area contributed by atoms with Gasteiger partial charge in [-0.25, -0.2) is 4.98 Å². The topological polar surface area (TPSA) is 138 Å². The predicted octanol–water partition coefficient (Wildman–Crippen LogP) is 0.468. The molecular formula is C17H20N6O3. The Morgan fingerprint density at radius 2 is 2.19 bits per heavy atom. The zero-order valence-corrected chi connectivity index (χ0v) is 14.5. The van der Waals surface area contributed by atoms with Crippen LogP contribution in [-0.2, 0) is 9.53 Å². The molecule has 3 rings (SSSR count). The van der Waals surface area contributed by atoms with Crippen molar-refractivity contribution in [3.05, 3.63) is 41.6 Å². The minimum Gasteiger partial charge on any atom is -0.491 e. The summed E-state index contributed by atoms with van der Waals surface area (Å²) in [6, 6.07) is 5.36. The van der Waals surface area contributed by atoms with Crippen molar-refractivity contribution in [1.29, 1.82) is 5.41 Å². The molecule has 1 aliphatic rings. The fourth-order valence-corrected chi connectivity index (χ4v) is 2.57. The molecule has 0 atom stereocenters. The largest absolute Gasteiger partial charge is 0.491 e. The molecule has 6 N–H and O–H groups in total. The maximum absolute atomic E-state index is 12.4. The molecule has 2 aromatic rings. The predicted molar refractivity (Wildman–Crippen MR) is 97.6 cm³/mol. The molecule has 1 aliphatic heterocycles. The van der Waals surface area contributed by atoms with Crippen molar-refractivity contribution in [3.8, 4) is 5.75 Å². The monoisotopic (exact) mass is 356 g/mol. The third kappa shape index (κ3) is 3.24. The van der Waals surface area contributed by atoms with E-state index in [2.05, 4.69) is 20.6 Å². The highest BCUT2D eigenvalue weighted by Crippen LogP contribution is 2.25. The number of hydrogen-bond acceptors (Lipinski definition) is 7. The molecule has 1 aromatic heterocycles. The minimum absolute atomic E-state index is 0.0259. The van der Waals surface area contributed by atoms with Gasteiger partial charge in [-0.1, -0.05) is 0 Å². The summed E-state index contributed by atoms with van der Waals surface area (Å²) in [6.07, 6.45) is 1.51. The van der Waals surface area contributed by atoms with Gasteiger partial charge in [0.25, 0.3) is 5.91 Å². The quantitative estimate of drug-likeness (QED) is 0.477. The normalized spacial score (nSPS) is 16.3. The van der Waals surface area contributed by atoms with E-state index < -0.39 is 5.91 Å². The lowest BCUT2D eigenvalue weighted by Crippen LogP contribution is -2.38. The summed E-state index contributed by atoms with van der Waals surface area (Å²) >= 11 is 0. The maximum Gasteiger partial charge on any atom is 0.261 e. The number of aromatic amines is 1. The van der Waals surface area contributed by atoms with Crippen LogP contribution in [-0.4, -0.2) is 49.0 Å². The zero-order chi connectivity index (χ0) is 18.7. The highest BCUT2D eigenvalue weighted by atomic mass is 16.5. The second kappa shape index (κ2) is 7.28. The first-order valence-corrected chi connectivity index (χ1v) is 7.95. The van der Waals surface area contributed by atoms with E-state index in [4.69, 9.17) is 20.6 Å². The molecule has 0 saturated heterocycles. The standard InChI is InChI=1S/C17H20N6O3/c1-20-8-12-14(18)15(19)13(17(24)23-12)16-21-10-4-3-9(7-11(10)22-16)26-6-5-25-2/h3-4,7-8,18,20H,5-6,19H2,1-2H3,(H,21,22)(H,23,24)/b12-8+,18-14?. The first-order valence-electron chi connectivity index (χ1n) is 7.95. The lowest BCUT2D eigenvalue weighted by atomic mass is 10.0. The number of H-pyrrole nitrogens is 1. The fourth-order valence-electron chi connectivity index (χ4n) is 2.57. The average molecular weight is 356 g/mol. The molecule has 1 aromatic carbocycles. The number of nitrogens with one attached hydrogen (secondary N) is 4. The van der Waals surface area contributed by atoms with E-state index in [1.807, 2.05) is 0 Å². The van der Waals surface area contributed by atoms with Crippen molar-refractivity contribution in [2.75, 3.05) is 27.4 Å². The summed E-state index contributed by atoms with van der Waals surface area (Å²) in [5, 5.41) is 13.5. The van der Waals surface area contributed by atoms with E-state index in [0.717, 1.165) is 0 Å². The van der Waals surface area contributed by atoms with Crippen LogP contribution in [0.15, 0.2) is 35.8 Å². The van der Waals surface area contributed by atoms with Gasteiger partial charge in [0.05, 0.1) is 29.0 Å². The molecule has 0 saturated carbocycles. The van der Waals surface area contributed by atoms with Gasteiger partial charge in [0.15, 0.2) is 0 Å². The molecule has 9 heteroatoms. The summed E-state index contributed by atoms with van der Waals surface area (Å²) in [5.74, 6) is 0.541. The molecule has 0 bridgehead atoms. The number of benzene rings is 1. The highest BCUT2D eigenvalue weighted by molar-refractivity contribution is 6.33. The van der Waals surface area contributed by atoms with E-state index >= 15 is 0 Å². The molecule has 26 heavy (non-hydrogen) atoms. The third-order valence-corrected chi connectivity index (χ3v) is 3.82. The number of nitrogens with zero attached hydrogens (tertiary/aromatic N) is 1. The second-order valence-electron chi connectivity index (χ2n) is 5.57. The molecule has 0 radical (unpaired) electrons. The summed E-state index contributed by atoms with van der Waals surface area (Å²) in [4.78, 5) is 19.9. The molecule has 136 valence electrons. The van der Waals surface area contributed by atoms with Gasteiger partial charge in [-0.2, -0.15) is 0 Å². The van der Waals surface area contributed by atoms with Crippen LogP contribution in [0.1, 0.15) is 5.82 Å². The Balaban J connectivity index is 1.96. The van der Waals surface area contributed by atoms with Crippen molar-refractivity contribution < 1.29 is 14.3 Å². The maximum atomic E-state index is 12.4. The molecule has 2 heterocycles. The van der Waals surface area contributed by atoms with Crippen LogP contribution < -0.4 is 21.1 Å². The Hall–Kier alpha value is -3.33. The number of carbonyl (C=O) groups excluding carboxylic acids is 1. The van der Waals surface area contributed by atoms with Gasteiger partial charge in [-0.3, -0.25) is 10.2 Å². The average Bonchev–Trinajstić information content (AvgIpc) is 3.02. The Kier molecular flexibility index (Phi) is 4.90. The van der Waals surface area contributed by atoms with Gasteiger partial charge in [0, 0.05) is 26.4 Å². The number of methoxy groups -OCH3 is 1. The number of rotatable bonds is 6. The van der Waals surface area contributed by atoms with Gasteiger partial charge in [0.1, 0.15) is 29.5 Å². The van der Waals surface area contributed by atoms with Gasteiger partial charge in [0.2, 0.25) is 0 Å². The van der Waals surface area contributed by atoms with E-state index in [1.54, 1.807) is 32.4 Å². The third-order valence-electron chi connectivity index (χ3n) is 3.82. The summed E-state index contributed by atoms with van der Waals surface area (Å²) < 4.78 is 10.5. The van der Waals surface area contributed by atoms with Gasteiger partial charge < -0.3 is 30.8 Å². The van der Waals surface area contributed by atoms with Crippen molar-refractivity contribution in [3.63, 3.8) is 0 Å². The fraction of sp³-hybridized carbons (Fsp3) is 0.235. The van der Waals surface area contributed by atoms with Crippen LogP contribution in [0.4, 0.5) is 0 Å². The number of imidazole rings is 1. The molecule has 9 nitrogen and oxygen atoms in total. The molecular weight excluding hydrogens is 336 g/mol. The number of amides is 1. The summed E-state index contributed by atoms with van der Waals surface area (Å²) in [7, 11) is 3.28. The van der Waals surface area contributed by atoms with Crippen LogP contribution in [0, 0.1) is 5.41 Å². The first-order chi connectivity index (χ1) is 12.5. The number of aromatic nitrogens is 2. The van der Waals surface area contributed by atoms with Crippen LogP contribution >= 0.6 is 0 Å². The lowest BCUT2D eigenvalue weighted by Gasteiger charge is -2.20. The van der Waals surface area contributed by atoms with Crippen molar-refractivity contribution in [2.24, 2.45) is 5.73 Å². The Morgan fingerprint density at radius 3 is 2.92 bits per heavy atom. The van der Waals surface area contributed by atoms with Crippen LogP contribution in [0.25, 0.3) is 16.6 Å². The van der Waals surface area contributed by atoms with Crippen LogP contribution in [0.2, 0.25) is 0 Å². The van der Waals surface area contributed by atoms with Crippen LogP contribution in [0.3, 0.4) is 0 Å². The Morgan fingerprint density at radius 1 is 1.38 bits per heavy atom.